The van der Waals surface area contributed by atoms with Gasteiger partial charge in [0.05, 0.1) is 11.5 Å². The quantitative estimate of drug-likeness (QED) is 0.807. The average molecular weight is 233 g/mol. The Morgan fingerprint density at radius 2 is 2.41 bits per heavy atom. The van der Waals surface area contributed by atoms with Crippen LogP contribution in [0.2, 0.25) is 0 Å². The van der Waals surface area contributed by atoms with Crippen molar-refractivity contribution in [3.8, 4) is 6.07 Å². The Balaban J connectivity index is 2.08. The zero-order valence-corrected chi connectivity index (χ0v) is 9.16. The molecule has 1 atom stereocenters. The highest BCUT2D eigenvalue weighted by atomic mass is 19.1. The van der Waals surface area contributed by atoms with Gasteiger partial charge in [0.1, 0.15) is 11.9 Å². The SMILES string of the molecule is N#Cc1cc(NC(=O)C2CCNC2)ccc1F. The zero-order chi connectivity index (χ0) is 12.3. The largest absolute Gasteiger partial charge is 0.326 e. The number of rotatable bonds is 2. The van der Waals surface area contributed by atoms with Crippen LogP contribution in [0, 0.1) is 23.1 Å². The molecular formula is C12H12FN3O. The van der Waals surface area contributed by atoms with Gasteiger partial charge in [0.2, 0.25) is 5.91 Å². The number of nitrogens with one attached hydrogen (secondary N) is 2. The molecule has 5 heteroatoms. The first-order valence-electron chi connectivity index (χ1n) is 5.42. The lowest BCUT2D eigenvalue weighted by atomic mass is 10.1. The molecule has 0 aliphatic carbocycles. The van der Waals surface area contributed by atoms with Crippen LogP contribution < -0.4 is 10.6 Å². The topological polar surface area (TPSA) is 64.9 Å². The first-order valence-corrected chi connectivity index (χ1v) is 5.42. The number of carbonyl (C=O) groups excluding carboxylic acids is 1. The van der Waals surface area contributed by atoms with Gasteiger partial charge in [0, 0.05) is 12.2 Å². The van der Waals surface area contributed by atoms with Gasteiger partial charge in [0.15, 0.2) is 0 Å². The van der Waals surface area contributed by atoms with Gasteiger partial charge >= 0.3 is 0 Å². The van der Waals surface area contributed by atoms with Gasteiger partial charge in [-0.05, 0) is 31.2 Å². The van der Waals surface area contributed by atoms with Crippen molar-refractivity contribution in [2.45, 2.75) is 6.42 Å². The van der Waals surface area contributed by atoms with Crippen LogP contribution in [-0.2, 0) is 4.79 Å². The maximum absolute atomic E-state index is 13.1. The number of hydrogen-bond donors (Lipinski definition) is 2. The van der Waals surface area contributed by atoms with E-state index in [1.165, 1.54) is 18.2 Å². The first-order chi connectivity index (χ1) is 8.20. The summed E-state index contributed by atoms with van der Waals surface area (Å²) in [4.78, 5) is 11.8. The normalized spacial score (nSPS) is 18.7. The van der Waals surface area contributed by atoms with E-state index in [1.807, 2.05) is 0 Å². The standard InChI is InChI=1S/C12H12FN3O/c13-11-2-1-10(5-9(11)6-14)16-12(17)8-3-4-15-7-8/h1-2,5,8,15H,3-4,7H2,(H,16,17). The van der Waals surface area contributed by atoms with Crippen molar-refractivity contribution in [1.82, 2.24) is 5.32 Å². The molecule has 2 rings (SSSR count). The fraction of sp³-hybridized carbons (Fsp3) is 0.333. The molecule has 17 heavy (non-hydrogen) atoms. The number of anilines is 1. The third-order valence-electron chi connectivity index (χ3n) is 2.79. The van der Waals surface area contributed by atoms with Crippen molar-refractivity contribution in [3.05, 3.63) is 29.6 Å². The maximum atomic E-state index is 13.1. The summed E-state index contributed by atoms with van der Waals surface area (Å²) in [6.45, 7) is 1.50. The number of hydrogen-bond acceptors (Lipinski definition) is 3. The lowest BCUT2D eigenvalue weighted by molar-refractivity contribution is -0.119. The fourth-order valence-electron chi connectivity index (χ4n) is 1.81. The van der Waals surface area contributed by atoms with E-state index in [9.17, 15) is 9.18 Å². The van der Waals surface area contributed by atoms with Gasteiger partial charge in [-0.25, -0.2) is 4.39 Å². The van der Waals surface area contributed by atoms with Crippen LogP contribution in [0.3, 0.4) is 0 Å². The van der Waals surface area contributed by atoms with Crippen LogP contribution in [0.4, 0.5) is 10.1 Å². The van der Waals surface area contributed by atoms with E-state index in [-0.39, 0.29) is 17.4 Å². The van der Waals surface area contributed by atoms with Crippen molar-refractivity contribution in [1.29, 1.82) is 5.26 Å². The second kappa shape index (κ2) is 4.93. The third kappa shape index (κ3) is 2.60. The summed E-state index contributed by atoms with van der Waals surface area (Å²) in [5, 5.41) is 14.5. The molecule has 1 heterocycles. The summed E-state index contributed by atoms with van der Waals surface area (Å²) in [6, 6.07) is 5.72. The van der Waals surface area contributed by atoms with E-state index in [1.54, 1.807) is 6.07 Å². The van der Waals surface area contributed by atoms with E-state index in [2.05, 4.69) is 10.6 Å². The van der Waals surface area contributed by atoms with Crippen molar-refractivity contribution in [2.24, 2.45) is 5.92 Å². The summed E-state index contributed by atoms with van der Waals surface area (Å²) >= 11 is 0. The second-order valence-corrected chi connectivity index (χ2v) is 3.99. The fourth-order valence-corrected chi connectivity index (χ4v) is 1.81. The van der Waals surface area contributed by atoms with E-state index < -0.39 is 5.82 Å². The molecule has 2 N–H and O–H groups in total. The summed E-state index contributed by atoms with van der Waals surface area (Å²) in [5.41, 5.74) is 0.396. The molecule has 1 fully saturated rings. The summed E-state index contributed by atoms with van der Waals surface area (Å²) in [6.07, 6.45) is 0.804. The molecule has 1 amide bonds. The minimum Gasteiger partial charge on any atom is -0.326 e. The summed E-state index contributed by atoms with van der Waals surface area (Å²) in [7, 11) is 0. The molecule has 0 aromatic heterocycles. The smallest absolute Gasteiger partial charge is 0.228 e. The Morgan fingerprint density at radius 3 is 3.06 bits per heavy atom. The van der Waals surface area contributed by atoms with Crippen LogP contribution in [0.25, 0.3) is 0 Å². The lowest BCUT2D eigenvalue weighted by Gasteiger charge is -2.10. The highest BCUT2D eigenvalue weighted by Crippen LogP contribution is 2.16. The van der Waals surface area contributed by atoms with Crippen molar-refractivity contribution in [2.75, 3.05) is 18.4 Å². The summed E-state index contributed by atoms with van der Waals surface area (Å²) < 4.78 is 13.1. The van der Waals surface area contributed by atoms with E-state index >= 15 is 0 Å². The lowest BCUT2D eigenvalue weighted by Crippen LogP contribution is -2.24. The zero-order valence-electron chi connectivity index (χ0n) is 9.16. The Bertz CT molecular complexity index is 475. The number of nitrogens with zero attached hydrogens (tertiary/aromatic N) is 1. The maximum Gasteiger partial charge on any atom is 0.228 e. The van der Waals surface area contributed by atoms with E-state index in [0.717, 1.165) is 13.0 Å². The average Bonchev–Trinajstić information content (AvgIpc) is 2.85. The summed E-state index contributed by atoms with van der Waals surface area (Å²) in [5.74, 6) is -0.718. The molecule has 1 saturated heterocycles. The first kappa shape index (κ1) is 11.6. The minimum absolute atomic E-state index is 0.0504. The van der Waals surface area contributed by atoms with Crippen molar-refractivity contribution in [3.63, 3.8) is 0 Å². The molecule has 0 saturated carbocycles. The predicted molar refractivity (Wildman–Crippen MR) is 60.7 cm³/mol. The van der Waals surface area contributed by atoms with Crippen LogP contribution in [-0.4, -0.2) is 19.0 Å². The van der Waals surface area contributed by atoms with Gasteiger partial charge in [-0.1, -0.05) is 0 Å². The molecule has 0 radical (unpaired) electrons. The second-order valence-electron chi connectivity index (χ2n) is 3.99. The molecule has 1 unspecified atom stereocenters. The Labute approximate surface area is 98.4 Å². The number of nitriles is 1. The van der Waals surface area contributed by atoms with E-state index in [4.69, 9.17) is 5.26 Å². The van der Waals surface area contributed by atoms with Crippen LogP contribution in [0.15, 0.2) is 18.2 Å². The minimum atomic E-state index is -0.576. The third-order valence-corrected chi connectivity index (χ3v) is 2.79. The van der Waals surface area contributed by atoms with Gasteiger partial charge in [-0.15, -0.1) is 0 Å². The number of halogens is 1. The molecule has 88 valence electrons. The molecule has 4 nitrogen and oxygen atoms in total. The van der Waals surface area contributed by atoms with Crippen LogP contribution >= 0.6 is 0 Å². The molecular weight excluding hydrogens is 221 g/mol. The van der Waals surface area contributed by atoms with Crippen molar-refractivity contribution >= 4 is 11.6 Å². The highest BCUT2D eigenvalue weighted by Gasteiger charge is 2.22. The van der Waals surface area contributed by atoms with E-state index in [0.29, 0.717) is 12.2 Å². The van der Waals surface area contributed by atoms with Gasteiger partial charge < -0.3 is 10.6 Å². The molecule has 0 spiro atoms. The molecule has 1 aromatic rings. The molecule has 1 aromatic carbocycles. The Hall–Kier alpha value is -1.93. The highest BCUT2D eigenvalue weighted by molar-refractivity contribution is 5.93. The Morgan fingerprint density at radius 1 is 1.59 bits per heavy atom. The predicted octanol–water partition coefficient (Wildman–Crippen LogP) is 1.25. The number of amides is 1. The van der Waals surface area contributed by atoms with Crippen LogP contribution in [0.5, 0.6) is 0 Å². The van der Waals surface area contributed by atoms with Crippen LogP contribution in [0.1, 0.15) is 12.0 Å². The molecule has 1 aliphatic heterocycles. The Kier molecular flexibility index (Phi) is 3.35. The van der Waals surface area contributed by atoms with Crippen molar-refractivity contribution < 1.29 is 9.18 Å². The van der Waals surface area contributed by atoms with Gasteiger partial charge in [-0.2, -0.15) is 5.26 Å². The monoisotopic (exact) mass is 233 g/mol. The van der Waals surface area contributed by atoms with Gasteiger partial charge in [0.25, 0.3) is 0 Å². The molecule has 0 bridgehead atoms. The number of carbonyl (C=O) groups is 1. The molecule has 1 aliphatic rings. The van der Waals surface area contributed by atoms with Gasteiger partial charge in [-0.3, -0.25) is 4.79 Å². The number of benzene rings is 1.